The van der Waals surface area contributed by atoms with E-state index >= 15 is 0 Å². The first-order valence-electron chi connectivity index (χ1n) is 13.1. The van der Waals surface area contributed by atoms with E-state index in [4.69, 9.17) is 14.7 Å². The van der Waals surface area contributed by atoms with Crippen LogP contribution in [-0.4, -0.2) is 58.3 Å². The van der Waals surface area contributed by atoms with Gasteiger partial charge in [-0.05, 0) is 74.8 Å². The molecular formula is C28H39N5O. The Balaban J connectivity index is 1.18. The van der Waals surface area contributed by atoms with Crippen LogP contribution in [0.5, 0.6) is 0 Å². The number of nitrogens with zero attached hydrogens (tertiary/aromatic N) is 4. The zero-order valence-electron chi connectivity index (χ0n) is 21.0. The Morgan fingerprint density at radius 2 is 1.74 bits per heavy atom. The fourth-order valence-electron chi connectivity index (χ4n) is 5.65. The third kappa shape index (κ3) is 5.28. The van der Waals surface area contributed by atoms with Crippen LogP contribution in [0.2, 0.25) is 0 Å². The number of hydrogen-bond acceptors (Lipinski definition) is 5. The second kappa shape index (κ2) is 10.4. The number of imidazole rings is 1. The van der Waals surface area contributed by atoms with E-state index in [0.29, 0.717) is 6.04 Å². The SMILES string of the molecule is CCc1nc2c(C)cc(C)nc2n1Cc1ccc(N[C@H]2CC[C@H](CN3CCOCC3)CC2)cc1. The Labute approximate surface area is 203 Å². The number of benzene rings is 1. The smallest absolute Gasteiger partial charge is 0.160 e. The first kappa shape index (κ1) is 23.3. The summed E-state index contributed by atoms with van der Waals surface area (Å²) in [6, 6.07) is 11.7. The average Bonchev–Trinajstić information content (AvgIpc) is 3.20. The second-order valence-corrected chi connectivity index (χ2v) is 10.2. The van der Waals surface area contributed by atoms with Gasteiger partial charge in [-0.15, -0.1) is 0 Å². The van der Waals surface area contributed by atoms with Crippen molar-refractivity contribution in [2.24, 2.45) is 5.92 Å². The molecule has 0 unspecified atom stereocenters. The molecule has 34 heavy (non-hydrogen) atoms. The number of pyridine rings is 1. The normalized spacial score (nSPS) is 21.7. The molecular weight excluding hydrogens is 422 g/mol. The summed E-state index contributed by atoms with van der Waals surface area (Å²) in [7, 11) is 0. The highest BCUT2D eigenvalue weighted by molar-refractivity contribution is 5.76. The molecule has 3 heterocycles. The van der Waals surface area contributed by atoms with Gasteiger partial charge in [0.1, 0.15) is 11.3 Å². The minimum atomic E-state index is 0.589. The summed E-state index contributed by atoms with van der Waals surface area (Å²) >= 11 is 0. The van der Waals surface area contributed by atoms with Crippen LogP contribution in [-0.2, 0) is 17.7 Å². The zero-order valence-corrected chi connectivity index (χ0v) is 21.0. The highest BCUT2D eigenvalue weighted by Crippen LogP contribution is 2.28. The minimum absolute atomic E-state index is 0.589. The van der Waals surface area contributed by atoms with Crippen LogP contribution in [0.4, 0.5) is 5.69 Å². The van der Waals surface area contributed by atoms with Crippen LogP contribution in [0.3, 0.4) is 0 Å². The van der Waals surface area contributed by atoms with Gasteiger partial charge in [-0.25, -0.2) is 9.97 Å². The summed E-state index contributed by atoms with van der Waals surface area (Å²) < 4.78 is 7.78. The highest BCUT2D eigenvalue weighted by Gasteiger charge is 2.23. The fraction of sp³-hybridized carbons (Fsp3) is 0.571. The lowest BCUT2D eigenvalue weighted by atomic mass is 9.85. The number of morpholine rings is 1. The second-order valence-electron chi connectivity index (χ2n) is 10.2. The molecule has 182 valence electrons. The molecule has 1 aromatic carbocycles. The van der Waals surface area contributed by atoms with Crippen molar-refractivity contribution in [3.8, 4) is 0 Å². The Kier molecular flexibility index (Phi) is 7.16. The molecule has 0 amide bonds. The fourth-order valence-corrected chi connectivity index (χ4v) is 5.65. The van der Waals surface area contributed by atoms with Crippen LogP contribution in [0.25, 0.3) is 11.2 Å². The predicted octanol–water partition coefficient (Wildman–Crippen LogP) is 4.96. The molecule has 1 N–H and O–H groups in total. The molecule has 3 aromatic rings. The Morgan fingerprint density at radius 1 is 1.00 bits per heavy atom. The molecule has 6 nitrogen and oxygen atoms in total. The van der Waals surface area contributed by atoms with E-state index in [9.17, 15) is 0 Å². The number of anilines is 1. The molecule has 0 atom stereocenters. The lowest BCUT2D eigenvalue weighted by Gasteiger charge is -2.34. The van der Waals surface area contributed by atoms with Crippen molar-refractivity contribution >= 4 is 16.9 Å². The Morgan fingerprint density at radius 3 is 2.44 bits per heavy atom. The van der Waals surface area contributed by atoms with E-state index in [-0.39, 0.29) is 0 Å². The predicted molar refractivity (Wildman–Crippen MR) is 139 cm³/mol. The van der Waals surface area contributed by atoms with Crippen molar-refractivity contribution in [1.29, 1.82) is 0 Å². The van der Waals surface area contributed by atoms with Crippen LogP contribution < -0.4 is 5.32 Å². The maximum atomic E-state index is 5.49. The van der Waals surface area contributed by atoms with E-state index in [2.05, 4.69) is 65.9 Å². The van der Waals surface area contributed by atoms with Crippen molar-refractivity contribution in [2.45, 2.75) is 65.5 Å². The molecule has 5 rings (SSSR count). The third-order valence-corrected chi connectivity index (χ3v) is 7.55. The van der Waals surface area contributed by atoms with Gasteiger partial charge in [0.05, 0.1) is 19.8 Å². The number of nitrogens with one attached hydrogen (secondary N) is 1. The lowest BCUT2D eigenvalue weighted by Crippen LogP contribution is -2.40. The first-order valence-corrected chi connectivity index (χ1v) is 13.1. The van der Waals surface area contributed by atoms with Crippen LogP contribution in [0.15, 0.2) is 30.3 Å². The minimum Gasteiger partial charge on any atom is -0.382 e. The van der Waals surface area contributed by atoms with E-state index in [1.54, 1.807) is 0 Å². The largest absolute Gasteiger partial charge is 0.382 e. The quantitative estimate of drug-likeness (QED) is 0.539. The zero-order chi connectivity index (χ0) is 23.5. The Hall–Kier alpha value is -2.44. The highest BCUT2D eigenvalue weighted by atomic mass is 16.5. The van der Waals surface area contributed by atoms with Crippen molar-refractivity contribution < 1.29 is 4.74 Å². The molecule has 1 saturated heterocycles. The summed E-state index contributed by atoms with van der Waals surface area (Å²) in [5.41, 5.74) is 6.81. The van der Waals surface area contributed by atoms with Gasteiger partial charge in [0, 0.05) is 43.5 Å². The molecule has 0 spiro atoms. The van der Waals surface area contributed by atoms with Gasteiger partial charge in [-0.1, -0.05) is 19.1 Å². The number of rotatable bonds is 7. The third-order valence-electron chi connectivity index (χ3n) is 7.55. The lowest BCUT2D eigenvalue weighted by molar-refractivity contribution is 0.0276. The van der Waals surface area contributed by atoms with Crippen molar-refractivity contribution in [2.75, 3.05) is 38.2 Å². The van der Waals surface area contributed by atoms with Gasteiger partial charge >= 0.3 is 0 Å². The molecule has 1 aliphatic carbocycles. The van der Waals surface area contributed by atoms with Gasteiger partial charge < -0.3 is 14.6 Å². The van der Waals surface area contributed by atoms with E-state index in [1.807, 2.05) is 0 Å². The number of fused-ring (bicyclic) bond motifs is 1. The first-order chi connectivity index (χ1) is 16.6. The van der Waals surface area contributed by atoms with Crippen molar-refractivity contribution in [1.82, 2.24) is 19.4 Å². The molecule has 6 heteroatoms. The van der Waals surface area contributed by atoms with Crippen LogP contribution in [0, 0.1) is 19.8 Å². The monoisotopic (exact) mass is 461 g/mol. The maximum Gasteiger partial charge on any atom is 0.160 e. The molecule has 0 bridgehead atoms. The van der Waals surface area contributed by atoms with Crippen molar-refractivity contribution in [3.63, 3.8) is 0 Å². The van der Waals surface area contributed by atoms with Gasteiger partial charge in [0.2, 0.25) is 0 Å². The summed E-state index contributed by atoms with van der Waals surface area (Å²) in [4.78, 5) is 12.3. The van der Waals surface area contributed by atoms with Gasteiger partial charge in [-0.2, -0.15) is 0 Å². The molecule has 2 aromatic heterocycles. The summed E-state index contributed by atoms with van der Waals surface area (Å²) in [5.74, 6) is 1.95. The van der Waals surface area contributed by atoms with Gasteiger partial charge in [0.15, 0.2) is 5.65 Å². The average molecular weight is 462 g/mol. The summed E-state index contributed by atoms with van der Waals surface area (Å²) in [6.07, 6.45) is 6.09. The molecule has 1 aliphatic heterocycles. The summed E-state index contributed by atoms with van der Waals surface area (Å²) in [5, 5.41) is 3.79. The topological polar surface area (TPSA) is 55.2 Å². The molecule has 2 fully saturated rings. The van der Waals surface area contributed by atoms with Crippen molar-refractivity contribution in [3.05, 3.63) is 53.0 Å². The van der Waals surface area contributed by atoms with Gasteiger partial charge in [-0.3, -0.25) is 4.90 Å². The van der Waals surface area contributed by atoms with E-state index < -0.39 is 0 Å². The maximum absolute atomic E-state index is 5.49. The molecule has 1 saturated carbocycles. The van der Waals surface area contributed by atoms with Crippen LogP contribution in [0.1, 0.15) is 55.3 Å². The molecule has 2 aliphatic rings. The van der Waals surface area contributed by atoms with Gasteiger partial charge in [0.25, 0.3) is 0 Å². The standard InChI is InChI=1S/C28H39N5O/c1-4-26-31-27-20(2)17-21(3)29-28(27)33(26)19-23-7-11-25(12-8-23)30-24-9-5-22(6-10-24)18-32-13-15-34-16-14-32/h7-8,11-12,17,22,24,30H,4-6,9-10,13-16,18-19H2,1-3H3/t22-,24-. The summed E-state index contributed by atoms with van der Waals surface area (Å²) in [6.45, 7) is 12.4. The number of ether oxygens (including phenoxy) is 1. The molecule has 0 radical (unpaired) electrons. The van der Waals surface area contributed by atoms with E-state index in [1.165, 1.54) is 49.0 Å². The number of aromatic nitrogens is 3. The Bertz CT molecular complexity index is 1090. The van der Waals surface area contributed by atoms with Crippen LogP contribution >= 0.6 is 0 Å². The number of aryl methyl sites for hydroxylation is 3. The number of hydrogen-bond donors (Lipinski definition) is 1. The van der Waals surface area contributed by atoms with E-state index in [0.717, 1.165) is 67.9 Å².